The van der Waals surface area contributed by atoms with Gasteiger partial charge in [-0.1, -0.05) is 54.5 Å². The highest BCUT2D eigenvalue weighted by molar-refractivity contribution is 6.74. The molecule has 12 nitrogen and oxygen atoms in total. The summed E-state index contributed by atoms with van der Waals surface area (Å²) in [7, 11) is 3.96. The van der Waals surface area contributed by atoms with Gasteiger partial charge in [-0.3, -0.25) is 0 Å². The summed E-state index contributed by atoms with van der Waals surface area (Å²) < 4.78 is 40.1. The molecule has 1 aliphatic rings. The monoisotopic (exact) mass is 722 g/mol. The minimum atomic E-state index is -1.91. The van der Waals surface area contributed by atoms with Gasteiger partial charge in [0.1, 0.15) is 6.79 Å². The van der Waals surface area contributed by atoms with E-state index in [4.69, 9.17) is 32.8 Å². The van der Waals surface area contributed by atoms with Crippen molar-refractivity contribution < 1.29 is 58.1 Å². The molecule has 0 aromatic heterocycles. The van der Waals surface area contributed by atoms with Crippen LogP contribution in [0.5, 0.6) is 0 Å². The fourth-order valence-corrected chi connectivity index (χ4v) is 7.26. The number of aliphatic hydroxyl groups excluding tert-OH is 2. The summed E-state index contributed by atoms with van der Waals surface area (Å²) in [6.45, 7) is 20.7. The Labute approximate surface area is 296 Å². The van der Waals surface area contributed by atoms with Gasteiger partial charge in [-0.25, -0.2) is 4.79 Å². The van der Waals surface area contributed by atoms with E-state index < -0.39 is 74.1 Å². The summed E-state index contributed by atoms with van der Waals surface area (Å²) >= 11 is 0. The lowest BCUT2D eigenvalue weighted by Crippen LogP contribution is -2.64. The highest BCUT2D eigenvalue weighted by Gasteiger charge is 2.59. The van der Waals surface area contributed by atoms with E-state index in [2.05, 4.69) is 46.9 Å². The second-order valence-electron chi connectivity index (χ2n) is 15.8. The predicted octanol–water partition coefficient (Wildman–Crippen LogP) is 5.13. The maximum absolute atomic E-state index is 12.2. The van der Waals surface area contributed by atoms with E-state index in [-0.39, 0.29) is 37.0 Å². The number of carboxylic acid groups (broad SMARTS) is 1. The van der Waals surface area contributed by atoms with Crippen LogP contribution in [0.15, 0.2) is 11.6 Å². The third kappa shape index (κ3) is 12.3. The Morgan fingerprint density at radius 1 is 1.06 bits per heavy atom. The van der Waals surface area contributed by atoms with E-state index in [1.54, 1.807) is 35.0 Å². The number of methoxy groups -OCH3 is 4. The third-order valence-electron chi connectivity index (χ3n) is 11.1. The van der Waals surface area contributed by atoms with E-state index in [9.17, 15) is 25.2 Å². The van der Waals surface area contributed by atoms with Crippen LogP contribution in [0, 0.1) is 17.3 Å². The van der Waals surface area contributed by atoms with Crippen LogP contribution in [0.1, 0.15) is 87.5 Å². The van der Waals surface area contributed by atoms with Gasteiger partial charge in [0.15, 0.2) is 20.2 Å². The molecule has 1 aliphatic heterocycles. The first-order valence-corrected chi connectivity index (χ1v) is 20.5. The molecule has 0 aromatic rings. The maximum Gasteiger partial charge on any atom is 0.335 e. The molecule has 1 fully saturated rings. The van der Waals surface area contributed by atoms with Gasteiger partial charge in [0.05, 0.1) is 36.6 Å². The number of carboxylic acids is 1. The number of hydrogen-bond donors (Lipinski definition) is 4. The Morgan fingerprint density at radius 2 is 1.67 bits per heavy atom. The molecule has 1 saturated heterocycles. The molecule has 49 heavy (non-hydrogen) atoms. The fourth-order valence-electron chi connectivity index (χ4n) is 6.19. The highest BCUT2D eigenvalue weighted by atomic mass is 28.4. The van der Waals surface area contributed by atoms with Crippen molar-refractivity contribution in [2.24, 2.45) is 17.3 Å². The van der Waals surface area contributed by atoms with Crippen LogP contribution in [0.4, 0.5) is 0 Å². The average molecular weight is 723 g/mol. The Bertz CT molecular complexity index is 1010. The Kier molecular flexibility index (Phi) is 18.6. The van der Waals surface area contributed by atoms with E-state index in [0.717, 1.165) is 12.0 Å². The Morgan fingerprint density at radius 3 is 2.14 bits per heavy atom. The molecule has 0 saturated carbocycles. The maximum atomic E-state index is 12.2. The predicted molar refractivity (Wildman–Crippen MR) is 191 cm³/mol. The summed E-state index contributed by atoms with van der Waals surface area (Å²) in [4.78, 5) is 12.0. The smallest absolute Gasteiger partial charge is 0.335 e. The molecule has 0 amide bonds. The van der Waals surface area contributed by atoms with Gasteiger partial charge in [0.2, 0.25) is 0 Å². The molecule has 10 atom stereocenters. The summed E-state index contributed by atoms with van der Waals surface area (Å²) in [5.74, 6) is -3.50. The van der Waals surface area contributed by atoms with Crippen LogP contribution in [0.25, 0.3) is 0 Å². The molecule has 0 radical (unpaired) electrons. The number of carbonyl (C=O) groups is 1. The molecule has 1 rings (SSSR count). The van der Waals surface area contributed by atoms with E-state index >= 15 is 0 Å². The molecule has 2 unspecified atom stereocenters. The normalized spacial score (nSPS) is 26.6. The largest absolute Gasteiger partial charge is 0.479 e. The van der Waals surface area contributed by atoms with Crippen molar-refractivity contribution in [2.75, 3.05) is 41.8 Å². The van der Waals surface area contributed by atoms with Gasteiger partial charge in [0.25, 0.3) is 0 Å². The van der Waals surface area contributed by atoms with Gasteiger partial charge >= 0.3 is 5.97 Å². The van der Waals surface area contributed by atoms with E-state index in [0.29, 0.717) is 13.0 Å². The van der Waals surface area contributed by atoms with Crippen molar-refractivity contribution >= 4 is 14.3 Å². The topological polar surface area (TPSA) is 163 Å². The van der Waals surface area contributed by atoms with Crippen molar-refractivity contribution in [3.05, 3.63) is 11.6 Å². The zero-order valence-electron chi connectivity index (χ0n) is 32.8. The molecular formula is C36H70O12Si. The minimum Gasteiger partial charge on any atom is -0.479 e. The van der Waals surface area contributed by atoms with Crippen LogP contribution in [0.3, 0.4) is 0 Å². The van der Waals surface area contributed by atoms with Crippen LogP contribution < -0.4 is 0 Å². The minimum absolute atomic E-state index is 0.0798. The molecule has 0 bridgehead atoms. The number of aliphatic carboxylic acids is 1. The van der Waals surface area contributed by atoms with Crippen molar-refractivity contribution in [3.63, 3.8) is 0 Å². The van der Waals surface area contributed by atoms with E-state index in [1.807, 2.05) is 6.92 Å². The lowest BCUT2D eigenvalue weighted by atomic mass is 9.67. The molecule has 0 aromatic carbocycles. The molecule has 1 heterocycles. The fraction of sp³-hybridized carbons (Fsp3) is 0.917. The Hall–Kier alpha value is -0.973. The van der Waals surface area contributed by atoms with Crippen LogP contribution in [0.2, 0.25) is 18.1 Å². The second-order valence-corrected chi connectivity index (χ2v) is 20.6. The molecule has 290 valence electrons. The van der Waals surface area contributed by atoms with Crippen LogP contribution in [-0.4, -0.2) is 125 Å². The molecule has 0 aliphatic carbocycles. The standard InChI is InChI=1S/C36H70O12Si/c1-15-25(21-47-49(13,14)34(4,5)6)16-23(2)28(37)17-26(43-10)20-31(38)35(7,8)36(41)24(3)29(44-11)18-27(48-36)19-30(45-12)32(33(39)40)46-22-42-9/h16,24-32,37-38,41H,15,17-22H2,1-14H3,(H,39,40)/b23-16-/t24-,25?,26+,27-,28-,29-,30-,31+,32+,36?/m0/s1. The van der Waals surface area contributed by atoms with Crippen molar-refractivity contribution in [2.45, 2.75) is 154 Å². The van der Waals surface area contributed by atoms with Gasteiger partial charge in [-0.2, -0.15) is 0 Å². The SMILES string of the molecule is CCC(/C=C(/C)[C@@H](O)C[C@H](C[C@@H](O)C(C)(C)C1(O)O[C@H](C[C@H](OC)[C@@H](OCOC)C(=O)O)C[C@H](OC)[C@@H]1C)OC)CO[Si](C)(C)C(C)(C)C. The third-order valence-corrected chi connectivity index (χ3v) is 15.6. The van der Waals surface area contributed by atoms with Gasteiger partial charge < -0.3 is 53.3 Å². The van der Waals surface area contributed by atoms with Crippen molar-refractivity contribution in [1.82, 2.24) is 0 Å². The van der Waals surface area contributed by atoms with Crippen molar-refractivity contribution in [1.29, 1.82) is 0 Å². The molecule has 13 heteroatoms. The van der Waals surface area contributed by atoms with Crippen molar-refractivity contribution in [3.8, 4) is 0 Å². The van der Waals surface area contributed by atoms with Gasteiger partial charge in [0, 0.05) is 72.1 Å². The first-order valence-electron chi connectivity index (χ1n) is 17.6. The summed E-state index contributed by atoms with van der Waals surface area (Å²) in [6, 6.07) is 0. The zero-order chi connectivity index (χ0) is 38.0. The average Bonchev–Trinajstić information content (AvgIpc) is 3.02. The number of aliphatic hydroxyl groups is 3. The molecular weight excluding hydrogens is 652 g/mol. The lowest BCUT2D eigenvalue weighted by molar-refractivity contribution is -0.365. The lowest BCUT2D eigenvalue weighted by Gasteiger charge is -2.55. The van der Waals surface area contributed by atoms with E-state index in [1.165, 1.54) is 14.2 Å². The van der Waals surface area contributed by atoms with Crippen LogP contribution in [-0.2, 0) is 37.6 Å². The first kappa shape index (κ1) is 46.0. The van der Waals surface area contributed by atoms with Gasteiger partial charge in [-0.15, -0.1) is 0 Å². The number of ether oxygens (including phenoxy) is 6. The zero-order valence-corrected chi connectivity index (χ0v) is 33.8. The summed E-state index contributed by atoms with van der Waals surface area (Å²) in [5.41, 5.74) is -0.429. The Balaban J connectivity index is 3.13. The first-order chi connectivity index (χ1) is 22.6. The highest BCUT2D eigenvalue weighted by Crippen LogP contribution is 2.49. The molecule has 4 N–H and O–H groups in total. The van der Waals surface area contributed by atoms with Crippen LogP contribution >= 0.6 is 0 Å². The molecule has 0 spiro atoms. The number of rotatable bonds is 22. The van der Waals surface area contributed by atoms with Gasteiger partial charge in [-0.05, 0) is 43.0 Å². The second kappa shape index (κ2) is 19.7. The summed E-state index contributed by atoms with van der Waals surface area (Å²) in [6.07, 6.45) is -2.07. The summed E-state index contributed by atoms with van der Waals surface area (Å²) in [5, 5.41) is 45.0. The quantitative estimate of drug-likeness (QED) is 0.0663. The number of hydrogen-bond acceptors (Lipinski definition) is 11.